The van der Waals surface area contributed by atoms with Gasteiger partial charge in [0.1, 0.15) is 0 Å². The minimum Gasteiger partial charge on any atom is -0.387 e. The monoisotopic (exact) mass is 212 g/mol. The van der Waals surface area contributed by atoms with E-state index in [0.717, 1.165) is 31.9 Å². The number of hydrogen-bond acceptors (Lipinski definition) is 3. The molecule has 15 heavy (non-hydrogen) atoms. The molecule has 0 aromatic heterocycles. The molecule has 0 aromatic carbocycles. The lowest BCUT2D eigenvalue weighted by atomic mass is 10.1. The van der Waals surface area contributed by atoms with Gasteiger partial charge in [0.2, 0.25) is 0 Å². The molecule has 1 aliphatic rings. The molecular formula is C11H24N4. The average molecular weight is 212 g/mol. The summed E-state index contributed by atoms with van der Waals surface area (Å²) in [7, 11) is 4.33. The summed E-state index contributed by atoms with van der Waals surface area (Å²) in [6, 6.07) is 0.822. The van der Waals surface area contributed by atoms with Crippen LogP contribution in [0.1, 0.15) is 20.3 Å². The van der Waals surface area contributed by atoms with Crippen molar-refractivity contribution in [3.8, 4) is 0 Å². The lowest BCUT2D eigenvalue weighted by Gasteiger charge is -2.37. The first-order valence-corrected chi connectivity index (χ1v) is 5.70. The number of likely N-dealkylation sites (N-methyl/N-ethyl adjacent to an activating group) is 2. The summed E-state index contributed by atoms with van der Waals surface area (Å²) < 4.78 is 0. The van der Waals surface area contributed by atoms with Gasteiger partial charge in [-0.15, -0.1) is 0 Å². The zero-order chi connectivity index (χ0) is 11.4. The van der Waals surface area contributed by atoms with Crippen molar-refractivity contribution in [2.24, 2.45) is 10.7 Å². The van der Waals surface area contributed by atoms with E-state index in [1.807, 2.05) is 0 Å². The van der Waals surface area contributed by atoms with Crippen LogP contribution < -0.4 is 5.73 Å². The third-order valence-corrected chi connectivity index (χ3v) is 2.85. The smallest absolute Gasteiger partial charge is 0.0956 e. The molecule has 2 N–H and O–H groups in total. The fourth-order valence-corrected chi connectivity index (χ4v) is 1.95. The Balaban J connectivity index is 2.48. The highest BCUT2D eigenvalue weighted by Crippen LogP contribution is 2.09. The number of aliphatic imine (C=N–C) groups is 1. The van der Waals surface area contributed by atoms with Crippen LogP contribution in [0.2, 0.25) is 0 Å². The Kier molecular flexibility index (Phi) is 4.54. The molecular weight excluding hydrogens is 188 g/mol. The van der Waals surface area contributed by atoms with Crippen molar-refractivity contribution >= 4 is 5.84 Å². The molecule has 4 heteroatoms. The molecule has 0 aliphatic carbocycles. The largest absolute Gasteiger partial charge is 0.387 e. The summed E-state index contributed by atoms with van der Waals surface area (Å²) in [6.45, 7) is 7.47. The van der Waals surface area contributed by atoms with Crippen molar-refractivity contribution in [1.29, 1.82) is 0 Å². The fraction of sp³-hybridized carbons (Fsp3) is 0.909. The molecule has 88 valence electrons. The SMILES string of the molecule is CC(C)N=C(N)CC1CN(C)CCN1C. The number of hydrogen-bond donors (Lipinski definition) is 1. The van der Waals surface area contributed by atoms with Crippen LogP contribution in [0.4, 0.5) is 0 Å². The van der Waals surface area contributed by atoms with Gasteiger partial charge in [0, 0.05) is 38.1 Å². The molecule has 0 amide bonds. The Morgan fingerprint density at radius 3 is 2.67 bits per heavy atom. The summed E-state index contributed by atoms with van der Waals surface area (Å²) in [5, 5.41) is 0. The van der Waals surface area contributed by atoms with E-state index in [0.29, 0.717) is 12.1 Å². The van der Waals surface area contributed by atoms with Crippen LogP contribution >= 0.6 is 0 Å². The molecule has 1 unspecified atom stereocenters. The first-order valence-electron chi connectivity index (χ1n) is 5.70. The van der Waals surface area contributed by atoms with Gasteiger partial charge >= 0.3 is 0 Å². The maximum atomic E-state index is 5.92. The van der Waals surface area contributed by atoms with Gasteiger partial charge in [0.05, 0.1) is 5.84 Å². The predicted octanol–water partition coefficient (Wildman–Crippen LogP) is 0.388. The van der Waals surface area contributed by atoms with Gasteiger partial charge in [0.25, 0.3) is 0 Å². The predicted molar refractivity (Wildman–Crippen MR) is 65.3 cm³/mol. The molecule has 1 atom stereocenters. The Labute approximate surface area is 93.1 Å². The molecule has 0 radical (unpaired) electrons. The van der Waals surface area contributed by atoms with Gasteiger partial charge < -0.3 is 15.5 Å². The van der Waals surface area contributed by atoms with Crippen LogP contribution in [0.3, 0.4) is 0 Å². The second kappa shape index (κ2) is 5.47. The maximum Gasteiger partial charge on any atom is 0.0956 e. The quantitative estimate of drug-likeness (QED) is 0.543. The van der Waals surface area contributed by atoms with Crippen molar-refractivity contribution in [3.63, 3.8) is 0 Å². The zero-order valence-electron chi connectivity index (χ0n) is 10.4. The summed E-state index contributed by atoms with van der Waals surface area (Å²) in [5.41, 5.74) is 5.92. The number of piperazine rings is 1. The van der Waals surface area contributed by atoms with Gasteiger partial charge in [-0.1, -0.05) is 0 Å². The molecule has 0 aromatic rings. The van der Waals surface area contributed by atoms with E-state index in [1.165, 1.54) is 0 Å². The number of nitrogens with two attached hydrogens (primary N) is 1. The molecule has 1 heterocycles. The summed E-state index contributed by atoms with van der Waals surface area (Å²) in [6.07, 6.45) is 0.888. The lowest BCUT2D eigenvalue weighted by molar-refractivity contribution is 0.118. The summed E-state index contributed by atoms with van der Waals surface area (Å²) in [4.78, 5) is 9.11. The van der Waals surface area contributed by atoms with Crippen LogP contribution in [-0.2, 0) is 0 Å². The van der Waals surface area contributed by atoms with E-state index in [-0.39, 0.29) is 0 Å². The highest BCUT2D eigenvalue weighted by atomic mass is 15.3. The van der Waals surface area contributed by atoms with E-state index in [2.05, 4.69) is 42.7 Å². The van der Waals surface area contributed by atoms with Crippen molar-refractivity contribution in [2.75, 3.05) is 33.7 Å². The summed E-state index contributed by atoms with van der Waals surface area (Å²) in [5.74, 6) is 0.789. The Morgan fingerprint density at radius 2 is 2.07 bits per heavy atom. The highest BCUT2D eigenvalue weighted by molar-refractivity contribution is 5.81. The van der Waals surface area contributed by atoms with Gasteiger partial charge in [-0.3, -0.25) is 4.99 Å². The molecule has 4 nitrogen and oxygen atoms in total. The molecule has 0 spiro atoms. The van der Waals surface area contributed by atoms with Crippen LogP contribution in [0.25, 0.3) is 0 Å². The van der Waals surface area contributed by atoms with E-state index >= 15 is 0 Å². The molecule has 1 fully saturated rings. The first kappa shape index (κ1) is 12.5. The second-order valence-corrected chi connectivity index (χ2v) is 4.81. The Bertz CT molecular complexity index is 225. The second-order valence-electron chi connectivity index (χ2n) is 4.81. The number of rotatable bonds is 3. The fourth-order valence-electron chi connectivity index (χ4n) is 1.95. The van der Waals surface area contributed by atoms with E-state index < -0.39 is 0 Å². The van der Waals surface area contributed by atoms with Crippen LogP contribution in [0, 0.1) is 0 Å². The first-order chi connectivity index (χ1) is 6.99. The van der Waals surface area contributed by atoms with Crippen molar-refractivity contribution < 1.29 is 0 Å². The summed E-state index contributed by atoms with van der Waals surface area (Å²) >= 11 is 0. The molecule has 1 rings (SSSR count). The molecule has 0 saturated carbocycles. The van der Waals surface area contributed by atoms with E-state index in [9.17, 15) is 0 Å². The lowest BCUT2D eigenvalue weighted by Crippen LogP contribution is -2.51. The standard InChI is InChI=1S/C11H24N4/c1-9(2)13-11(12)7-10-8-14(3)5-6-15(10)4/h9-10H,5-8H2,1-4H3,(H2,12,13). The Morgan fingerprint density at radius 1 is 1.40 bits per heavy atom. The number of amidine groups is 1. The van der Waals surface area contributed by atoms with Crippen LogP contribution in [0.5, 0.6) is 0 Å². The number of nitrogens with zero attached hydrogens (tertiary/aromatic N) is 3. The average Bonchev–Trinajstić information content (AvgIpc) is 2.10. The van der Waals surface area contributed by atoms with Gasteiger partial charge in [-0.25, -0.2) is 0 Å². The van der Waals surface area contributed by atoms with Gasteiger partial charge in [0.15, 0.2) is 0 Å². The third kappa shape index (κ3) is 4.18. The highest BCUT2D eigenvalue weighted by Gasteiger charge is 2.22. The van der Waals surface area contributed by atoms with Crippen LogP contribution in [-0.4, -0.2) is 61.4 Å². The van der Waals surface area contributed by atoms with Crippen LogP contribution in [0.15, 0.2) is 4.99 Å². The van der Waals surface area contributed by atoms with E-state index in [1.54, 1.807) is 0 Å². The molecule has 1 aliphatic heterocycles. The maximum absolute atomic E-state index is 5.92. The van der Waals surface area contributed by atoms with Gasteiger partial charge in [-0.2, -0.15) is 0 Å². The van der Waals surface area contributed by atoms with E-state index in [4.69, 9.17) is 5.73 Å². The van der Waals surface area contributed by atoms with Crippen molar-refractivity contribution in [1.82, 2.24) is 9.80 Å². The molecule has 0 bridgehead atoms. The van der Waals surface area contributed by atoms with Crippen molar-refractivity contribution in [3.05, 3.63) is 0 Å². The van der Waals surface area contributed by atoms with Gasteiger partial charge in [-0.05, 0) is 27.9 Å². The molecule has 1 saturated heterocycles. The zero-order valence-corrected chi connectivity index (χ0v) is 10.4. The third-order valence-electron chi connectivity index (χ3n) is 2.85. The minimum absolute atomic E-state index is 0.302. The van der Waals surface area contributed by atoms with Crippen molar-refractivity contribution in [2.45, 2.75) is 32.4 Å². The topological polar surface area (TPSA) is 44.9 Å². The minimum atomic E-state index is 0.302. The normalized spacial score (nSPS) is 26.2. The Hall–Kier alpha value is -0.610.